The molecule has 0 aromatic heterocycles. The molecule has 0 fully saturated rings. The number of halogens is 2. The van der Waals surface area contributed by atoms with Crippen molar-refractivity contribution in [2.75, 3.05) is 11.9 Å². The first kappa shape index (κ1) is 16.2. The fourth-order valence-corrected chi connectivity index (χ4v) is 1.92. The van der Waals surface area contributed by atoms with Gasteiger partial charge in [0.05, 0.1) is 0 Å². The van der Waals surface area contributed by atoms with Crippen molar-refractivity contribution in [1.29, 1.82) is 0 Å². The smallest absolute Gasteiger partial charge is 0.270 e. The van der Waals surface area contributed by atoms with E-state index in [1.54, 1.807) is 18.2 Å². The molecule has 0 aliphatic rings. The number of likely N-dealkylation sites (N-methyl/N-ethyl adjacent to an activating group) is 1. The van der Waals surface area contributed by atoms with Crippen LogP contribution in [0.5, 0.6) is 0 Å². The molecule has 0 bridgehead atoms. The third kappa shape index (κ3) is 3.56. The largest absolute Gasteiger partial charge is 0.345 e. The molecule has 0 radical (unpaired) electrons. The summed E-state index contributed by atoms with van der Waals surface area (Å²) in [6.07, 6.45) is 1.75. The molecule has 0 saturated carbocycles. The average Bonchev–Trinajstić information content (AvgIpc) is 2.37. The zero-order valence-corrected chi connectivity index (χ0v) is 12.5. The minimum Gasteiger partial charge on any atom is -0.345 e. The van der Waals surface area contributed by atoms with Crippen molar-refractivity contribution >= 4 is 5.69 Å². The van der Waals surface area contributed by atoms with Gasteiger partial charge in [-0.2, -0.15) is 0 Å². The van der Waals surface area contributed by atoms with Gasteiger partial charge in [0.1, 0.15) is 0 Å². The highest BCUT2D eigenvalue weighted by Crippen LogP contribution is 2.30. The molecule has 0 atom stereocenters. The van der Waals surface area contributed by atoms with Crippen molar-refractivity contribution in [3.63, 3.8) is 0 Å². The van der Waals surface area contributed by atoms with Crippen molar-refractivity contribution in [2.24, 2.45) is 0 Å². The molecule has 0 unspecified atom stereocenters. The van der Waals surface area contributed by atoms with Gasteiger partial charge in [0, 0.05) is 30.9 Å². The fraction of sp³-hybridized carbons (Fsp3) is 0.294. The number of hydrogen-bond acceptors (Lipinski definition) is 1. The van der Waals surface area contributed by atoms with E-state index in [1.807, 2.05) is 25.8 Å². The van der Waals surface area contributed by atoms with Gasteiger partial charge in [-0.15, -0.1) is 0 Å². The Morgan fingerprint density at radius 1 is 1.20 bits per heavy atom. The lowest BCUT2D eigenvalue weighted by molar-refractivity contribution is 0.0175. The van der Waals surface area contributed by atoms with Crippen molar-refractivity contribution in [1.82, 2.24) is 0 Å². The Balaban J connectivity index is 3.05. The monoisotopic (exact) mass is 277 g/mol. The summed E-state index contributed by atoms with van der Waals surface area (Å²) in [4.78, 5) is 1.86. The minimum atomic E-state index is -2.82. The molecule has 0 amide bonds. The van der Waals surface area contributed by atoms with Crippen LogP contribution < -0.4 is 4.90 Å². The molecule has 3 heteroatoms. The summed E-state index contributed by atoms with van der Waals surface area (Å²) >= 11 is 0. The molecule has 0 N–H and O–H groups in total. The van der Waals surface area contributed by atoms with E-state index in [2.05, 4.69) is 13.2 Å². The second-order valence-electron chi connectivity index (χ2n) is 5.06. The second kappa shape index (κ2) is 6.04. The Hall–Kier alpha value is -1.90. The van der Waals surface area contributed by atoms with Crippen LogP contribution in [0.15, 0.2) is 60.3 Å². The average molecular weight is 277 g/mol. The second-order valence-corrected chi connectivity index (χ2v) is 5.06. The van der Waals surface area contributed by atoms with E-state index in [-0.39, 0.29) is 5.56 Å². The number of nitrogens with zero attached hydrogens (tertiary/aromatic N) is 1. The highest BCUT2D eigenvalue weighted by molar-refractivity contribution is 5.58. The summed E-state index contributed by atoms with van der Waals surface area (Å²) < 4.78 is 26.4. The van der Waals surface area contributed by atoms with E-state index in [0.29, 0.717) is 0 Å². The van der Waals surface area contributed by atoms with Crippen LogP contribution in [0.25, 0.3) is 0 Å². The Morgan fingerprint density at radius 2 is 1.70 bits per heavy atom. The number of hydrogen-bond donors (Lipinski definition) is 0. The molecular weight excluding hydrogens is 256 g/mol. The normalized spacial score (nSPS) is 10.9. The summed E-state index contributed by atoms with van der Waals surface area (Å²) in [5, 5.41) is 0. The molecule has 1 rings (SSSR count). The fourth-order valence-electron chi connectivity index (χ4n) is 1.92. The zero-order chi connectivity index (χ0) is 15.5. The van der Waals surface area contributed by atoms with Crippen molar-refractivity contribution < 1.29 is 8.78 Å². The van der Waals surface area contributed by atoms with Gasteiger partial charge in [-0.05, 0) is 31.6 Å². The SMILES string of the molecule is C=CC(C(=C)N(C)c1ccc(C(C)(F)F)cc1)=C(C)C. The molecule has 108 valence electrons. The summed E-state index contributed by atoms with van der Waals surface area (Å²) in [5.41, 5.74) is 3.66. The molecule has 0 aliphatic heterocycles. The van der Waals surface area contributed by atoms with Crippen LogP contribution in [0.2, 0.25) is 0 Å². The molecule has 0 saturated heterocycles. The van der Waals surface area contributed by atoms with Crippen LogP contribution in [0, 0.1) is 0 Å². The Kier molecular flexibility index (Phi) is 4.88. The number of anilines is 1. The van der Waals surface area contributed by atoms with E-state index in [0.717, 1.165) is 29.5 Å². The van der Waals surface area contributed by atoms with E-state index in [1.165, 1.54) is 12.1 Å². The molecule has 0 spiro atoms. The highest BCUT2D eigenvalue weighted by Gasteiger charge is 2.24. The summed E-state index contributed by atoms with van der Waals surface area (Å²) in [5.74, 6) is -2.82. The third-order valence-corrected chi connectivity index (χ3v) is 3.22. The van der Waals surface area contributed by atoms with Gasteiger partial charge >= 0.3 is 0 Å². The third-order valence-electron chi connectivity index (χ3n) is 3.22. The zero-order valence-electron chi connectivity index (χ0n) is 12.5. The van der Waals surface area contributed by atoms with E-state index in [9.17, 15) is 8.78 Å². The van der Waals surface area contributed by atoms with Crippen LogP contribution in [0.3, 0.4) is 0 Å². The van der Waals surface area contributed by atoms with Gasteiger partial charge in [0.15, 0.2) is 0 Å². The maximum Gasteiger partial charge on any atom is 0.270 e. The summed E-state index contributed by atoms with van der Waals surface area (Å²) in [6.45, 7) is 12.7. The number of allylic oxidation sites excluding steroid dienone is 2. The number of benzene rings is 1. The quantitative estimate of drug-likeness (QED) is 0.663. The first-order valence-corrected chi connectivity index (χ1v) is 6.39. The lowest BCUT2D eigenvalue weighted by atomic mass is 10.1. The molecule has 1 aromatic carbocycles. The topological polar surface area (TPSA) is 3.24 Å². The standard InChI is InChI=1S/C17H21F2N/c1-7-16(12(2)3)13(4)20(6)15-10-8-14(9-11-15)17(5,18)19/h7-11H,1,4H2,2-3,5-6H3. The Bertz CT molecular complexity index is 529. The summed E-state index contributed by atoms with van der Waals surface area (Å²) in [6, 6.07) is 6.22. The van der Waals surface area contributed by atoms with Crippen molar-refractivity contribution in [3.05, 3.63) is 65.9 Å². The van der Waals surface area contributed by atoms with Crippen LogP contribution in [-0.4, -0.2) is 7.05 Å². The van der Waals surface area contributed by atoms with Gasteiger partial charge in [-0.3, -0.25) is 0 Å². The Labute approximate surface area is 119 Å². The van der Waals surface area contributed by atoms with E-state index in [4.69, 9.17) is 0 Å². The molecule has 0 heterocycles. The van der Waals surface area contributed by atoms with Crippen LogP contribution in [0.1, 0.15) is 26.3 Å². The first-order chi connectivity index (χ1) is 9.18. The van der Waals surface area contributed by atoms with E-state index >= 15 is 0 Å². The molecule has 1 aromatic rings. The predicted octanol–water partition coefficient (Wildman–Crippen LogP) is 5.27. The lowest BCUT2D eigenvalue weighted by Crippen LogP contribution is -2.17. The van der Waals surface area contributed by atoms with Gasteiger partial charge in [-0.1, -0.05) is 36.9 Å². The van der Waals surface area contributed by atoms with Crippen molar-refractivity contribution in [3.8, 4) is 0 Å². The van der Waals surface area contributed by atoms with Crippen LogP contribution in [0.4, 0.5) is 14.5 Å². The molecule has 0 aliphatic carbocycles. The van der Waals surface area contributed by atoms with Gasteiger partial charge in [-0.25, -0.2) is 8.78 Å². The number of alkyl halides is 2. The molecule has 1 nitrogen and oxygen atoms in total. The first-order valence-electron chi connectivity index (χ1n) is 6.39. The number of rotatable bonds is 5. The maximum absolute atomic E-state index is 13.2. The summed E-state index contributed by atoms with van der Waals surface area (Å²) in [7, 11) is 1.86. The molecular formula is C17H21F2N. The van der Waals surface area contributed by atoms with Gasteiger partial charge < -0.3 is 4.90 Å². The van der Waals surface area contributed by atoms with Crippen LogP contribution >= 0.6 is 0 Å². The predicted molar refractivity (Wildman–Crippen MR) is 82.1 cm³/mol. The Morgan fingerprint density at radius 3 is 2.05 bits per heavy atom. The lowest BCUT2D eigenvalue weighted by Gasteiger charge is -2.24. The highest BCUT2D eigenvalue weighted by atomic mass is 19.3. The minimum absolute atomic E-state index is 0.00594. The van der Waals surface area contributed by atoms with E-state index < -0.39 is 5.92 Å². The maximum atomic E-state index is 13.2. The van der Waals surface area contributed by atoms with Crippen LogP contribution in [-0.2, 0) is 5.92 Å². The van der Waals surface area contributed by atoms with Gasteiger partial charge in [0.25, 0.3) is 5.92 Å². The van der Waals surface area contributed by atoms with Gasteiger partial charge in [0.2, 0.25) is 0 Å². The van der Waals surface area contributed by atoms with Crippen molar-refractivity contribution in [2.45, 2.75) is 26.7 Å². The molecule has 20 heavy (non-hydrogen) atoms.